The van der Waals surface area contributed by atoms with E-state index in [0.29, 0.717) is 19.7 Å². The highest BCUT2D eigenvalue weighted by Crippen LogP contribution is 2.16. The van der Waals surface area contributed by atoms with Crippen LogP contribution in [0.15, 0.2) is 24.3 Å². The van der Waals surface area contributed by atoms with Gasteiger partial charge >= 0.3 is 6.09 Å². The third kappa shape index (κ3) is 15.8. The largest absolute Gasteiger partial charge is 0.508 e. The van der Waals surface area contributed by atoms with Crippen molar-refractivity contribution < 1.29 is 19.7 Å². The van der Waals surface area contributed by atoms with Gasteiger partial charge in [0.1, 0.15) is 11.5 Å². The Labute approximate surface area is 196 Å². The molecule has 0 bridgehead atoms. The third-order valence-corrected chi connectivity index (χ3v) is 5.98. The number of carboxylic acid groups (broad SMARTS) is 1. The van der Waals surface area contributed by atoms with Crippen LogP contribution >= 0.6 is 0 Å². The fourth-order valence-electron chi connectivity index (χ4n) is 3.94. The van der Waals surface area contributed by atoms with E-state index < -0.39 is 6.09 Å². The van der Waals surface area contributed by atoms with Gasteiger partial charge in [-0.25, -0.2) is 4.79 Å². The van der Waals surface area contributed by atoms with Crippen molar-refractivity contribution in [3.05, 3.63) is 24.3 Å². The lowest BCUT2D eigenvalue weighted by Gasteiger charge is -2.19. The van der Waals surface area contributed by atoms with Crippen LogP contribution in [0, 0.1) is 0 Å². The second-order valence-corrected chi connectivity index (χ2v) is 8.92. The molecular formula is C27H47NO4. The second-order valence-electron chi connectivity index (χ2n) is 8.92. The Kier molecular flexibility index (Phi) is 17.4. The van der Waals surface area contributed by atoms with E-state index in [1.54, 1.807) is 29.2 Å². The first kappa shape index (κ1) is 28.1. The summed E-state index contributed by atoms with van der Waals surface area (Å²) in [4.78, 5) is 13.1. The van der Waals surface area contributed by atoms with Gasteiger partial charge in [-0.3, -0.25) is 0 Å². The molecule has 5 heteroatoms. The van der Waals surface area contributed by atoms with Gasteiger partial charge in [-0.15, -0.1) is 0 Å². The molecule has 32 heavy (non-hydrogen) atoms. The maximum atomic E-state index is 11.5. The first-order valence-electron chi connectivity index (χ1n) is 13.0. The minimum absolute atomic E-state index is 0.240. The first-order chi connectivity index (χ1) is 15.6. The molecule has 2 N–H and O–H groups in total. The summed E-state index contributed by atoms with van der Waals surface area (Å²) in [6, 6.07) is 6.75. The van der Waals surface area contributed by atoms with Gasteiger partial charge in [0, 0.05) is 13.1 Å². The van der Waals surface area contributed by atoms with E-state index in [9.17, 15) is 15.0 Å². The van der Waals surface area contributed by atoms with Crippen LogP contribution in [0.4, 0.5) is 4.79 Å². The average Bonchev–Trinajstić information content (AvgIpc) is 2.78. The zero-order chi connectivity index (χ0) is 23.3. The van der Waals surface area contributed by atoms with Crippen LogP contribution in [0.3, 0.4) is 0 Å². The Hall–Kier alpha value is -1.91. The Morgan fingerprint density at radius 2 is 1.16 bits per heavy atom. The van der Waals surface area contributed by atoms with Crippen molar-refractivity contribution in [1.29, 1.82) is 0 Å². The summed E-state index contributed by atoms with van der Waals surface area (Å²) in [5, 5.41) is 18.7. The number of carbonyl (C=O) groups is 1. The lowest BCUT2D eigenvalue weighted by Crippen LogP contribution is -2.31. The average molecular weight is 450 g/mol. The molecule has 0 heterocycles. The van der Waals surface area contributed by atoms with Gasteiger partial charge in [0.25, 0.3) is 0 Å². The molecule has 1 aromatic rings. The number of aromatic hydroxyl groups is 1. The molecule has 1 rings (SSSR count). The summed E-state index contributed by atoms with van der Waals surface area (Å²) in [6.45, 7) is 4.20. The molecule has 1 amide bonds. The third-order valence-electron chi connectivity index (χ3n) is 5.98. The smallest absolute Gasteiger partial charge is 0.407 e. The minimum Gasteiger partial charge on any atom is -0.508 e. The first-order valence-corrected chi connectivity index (χ1v) is 13.0. The summed E-state index contributed by atoms with van der Waals surface area (Å²) >= 11 is 0. The number of rotatable bonds is 21. The second kappa shape index (κ2) is 19.8. The highest BCUT2D eigenvalue weighted by Gasteiger charge is 2.10. The molecule has 0 aliphatic carbocycles. The summed E-state index contributed by atoms with van der Waals surface area (Å²) in [5.74, 6) is 1.01. The molecule has 0 spiro atoms. The lowest BCUT2D eigenvalue weighted by atomic mass is 10.1. The number of hydrogen-bond acceptors (Lipinski definition) is 3. The van der Waals surface area contributed by atoms with Gasteiger partial charge in [-0.1, -0.05) is 90.4 Å². The molecule has 0 radical (unpaired) electrons. The minimum atomic E-state index is -0.788. The number of ether oxygens (including phenoxy) is 1. The van der Waals surface area contributed by atoms with Crippen molar-refractivity contribution >= 4 is 6.09 Å². The zero-order valence-electron chi connectivity index (χ0n) is 20.4. The van der Waals surface area contributed by atoms with Crippen LogP contribution in [0.5, 0.6) is 11.5 Å². The number of unbranched alkanes of at least 4 members (excludes halogenated alkanes) is 14. The number of hydrogen-bond donors (Lipinski definition) is 2. The maximum absolute atomic E-state index is 11.5. The number of amides is 1. The van der Waals surface area contributed by atoms with E-state index in [1.807, 2.05) is 0 Å². The molecule has 0 aliphatic rings. The molecule has 0 saturated carbocycles. The predicted molar refractivity (Wildman–Crippen MR) is 133 cm³/mol. The van der Waals surface area contributed by atoms with Crippen molar-refractivity contribution in [1.82, 2.24) is 4.90 Å². The number of nitrogens with zero attached hydrogens (tertiary/aromatic N) is 1. The topological polar surface area (TPSA) is 70.0 Å². The van der Waals surface area contributed by atoms with Gasteiger partial charge in [-0.2, -0.15) is 0 Å². The molecular weight excluding hydrogens is 402 g/mol. The van der Waals surface area contributed by atoms with E-state index >= 15 is 0 Å². The van der Waals surface area contributed by atoms with Crippen LogP contribution in [0.2, 0.25) is 0 Å². The zero-order valence-corrected chi connectivity index (χ0v) is 20.4. The van der Waals surface area contributed by atoms with E-state index in [-0.39, 0.29) is 5.75 Å². The van der Waals surface area contributed by atoms with Crippen molar-refractivity contribution in [3.8, 4) is 11.5 Å². The fourth-order valence-corrected chi connectivity index (χ4v) is 3.94. The van der Waals surface area contributed by atoms with Crippen molar-refractivity contribution in [2.24, 2.45) is 0 Å². The molecule has 0 unspecified atom stereocenters. The quantitative estimate of drug-likeness (QED) is 0.186. The highest BCUT2D eigenvalue weighted by atomic mass is 16.5. The Morgan fingerprint density at radius 1 is 0.719 bits per heavy atom. The molecule has 184 valence electrons. The summed E-state index contributed by atoms with van der Waals surface area (Å²) < 4.78 is 5.64. The molecule has 0 atom stereocenters. The number of benzene rings is 1. The Bertz CT molecular complexity index is 561. The van der Waals surface area contributed by atoms with Crippen LogP contribution < -0.4 is 4.74 Å². The normalized spacial score (nSPS) is 10.9. The molecule has 1 aromatic carbocycles. The Morgan fingerprint density at radius 3 is 1.62 bits per heavy atom. The van der Waals surface area contributed by atoms with Gasteiger partial charge in [-0.05, 0) is 43.5 Å². The van der Waals surface area contributed by atoms with Crippen molar-refractivity contribution in [3.63, 3.8) is 0 Å². The van der Waals surface area contributed by atoms with Gasteiger partial charge in [0.2, 0.25) is 0 Å². The van der Waals surface area contributed by atoms with E-state index in [1.165, 1.54) is 64.2 Å². The number of phenols is 1. The standard InChI is InChI=1S/C27H47NO4/c1-2-3-4-5-6-7-8-9-10-11-12-15-22-28(27(30)31)23-16-13-14-17-24-32-26-20-18-25(29)19-21-26/h18-21,29H,2-17,22-24H2,1H3,(H,30,31). The summed E-state index contributed by atoms with van der Waals surface area (Å²) in [6.07, 6.45) is 18.7. The molecule has 0 aromatic heterocycles. The van der Waals surface area contributed by atoms with E-state index in [4.69, 9.17) is 4.74 Å². The molecule has 0 aliphatic heterocycles. The maximum Gasteiger partial charge on any atom is 0.407 e. The SMILES string of the molecule is CCCCCCCCCCCCCCN(CCCCCCOc1ccc(O)cc1)C(=O)O. The predicted octanol–water partition coefficient (Wildman–Crippen LogP) is 8.01. The summed E-state index contributed by atoms with van der Waals surface area (Å²) in [7, 11) is 0. The van der Waals surface area contributed by atoms with Gasteiger partial charge in [0.05, 0.1) is 6.61 Å². The molecule has 0 saturated heterocycles. The van der Waals surface area contributed by atoms with Crippen molar-refractivity contribution in [2.45, 2.75) is 110 Å². The monoisotopic (exact) mass is 449 g/mol. The van der Waals surface area contributed by atoms with Crippen LogP contribution in [0.1, 0.15) is 110 Å². The Balaban J connectivity index is 1.93. The fraction of sp³-hybridized carbons (Fsp3) is 0.741. The van der Waals surface area contributed by atoms with Gasteiger partial charge in [0.15, 0.2) is 0 Å². The van der Waals surface area contributed by atoms with E-state index in [0.717, 1.165) is 44.3 Å². The molecule has 5 nitrogen and oxygen atoms in total. The van der Waals surface area contributed by atoms with Crippen LogP contribution in [-0.2, 0) is 0 Å². The number of phenolic OH excluding ortho intramolecular Hbond substituents is 1. The van der Waals surface area contributed by atoms with Crippen molar-refractivity contribution in [2.75, 3.05) is 19.7 Å². The van der Waals surface area contributed by atoms with Crippen LogP contribution in [0.25, 0.3) is 0 Å². The lowest BCUT2D eigenvalue weighted by molar-refractivity contribution is 0.143. The van der Waals surface area contributed by atoms with Crippen LogP contribution in [-0.4, -0.2) is 40.9 Å². The molecule has 0 fully saturated rings. The highest BCUT2D eigenvalue weighted by molar-refractivity contribution is 5.64. The van der Waals surface area contributed by atoms with Gasteiger partial charge < -0.3 is 19.8 Å². The van der Waals surface area contributed by atoms with E-state index in [2.05, 4.69) is 6.92 Å². The summed E-state index contributed by atoms with van der Waals surface area (Å²) in [5.41, 5.74) is 0.